The highest BCUT2D eigenvalue weighted by Gasteiger charge is 2.60. The zero-order valence-electron chi connectivity index (χ0n) is 16.4. The fourth-order valence-corrected chi connectivity index (χ4v) is 4.32. The van der Waals surface area contributed by atoms with Crippen LogP contribution >= 0.6 is 0 Å². The van der Waals surface area contributed by atoms with E-state index in [9.17, 15) is 13.2 Å². The summed E-state index contributed by atoms with van der Waals surface area (Å²) in [6.07, 6.45) is 0.332. The standard InChI is InChI=1S/C17H31NO6S/c1-15(2,3)24-14(19)18-11-9-10(16(4,5)25(8,20)21)12-13(11)23-17(6,7)22-12/h10-13H,9H2,1-8H3,(H,18,19)/t10-,11+,12+,13-/m0/s1. The zero-order chi connectivity index (χ0) is 19.4. The molecule has 1 aliphatic heterocycles. The number of carbonyl (C=O) groups excluding carboxylic acids is 1. The lowest BCUT2D eigenvalue weighted by Gasteiger charge is -2.33. The second kappa shape index (κ2) is 6.09. The summed E-state index contributed by atoms with van der Waals surface area (Å²) in [5.74, 6) is -1.12. The second-order valence-corrected chi connectivity index (χ2v) is 11.6. The fraction of sp³-hybridized carbons (Fsp3) is 0.941. The molecule has 2 fully saturated rings. The van der Waals surface area contributed by atoms with Gasteiger partial charge in [-0.2, -0.15) is 0 Å². The molecule has 0 aromatic heterocycles. The van der Waals surface area contributed by atoms with E-state index < -0.39 is 44.3 Å². The van der Waals surface area contributed by atoms with Gasteiger partial charge in [0.05, 0.1) is 16.9 Å². The summed E-state index contributed by atoms with van der Waals surface area (Å²) < 4.78 is 40.9. The van der Waals surface area contributed by atoms with Crippen LogP contribution in [0.3, 0.4) is 0 Å². The van der Waals surface area contributed by atoms with Gasteiger partial charge in [-0.15, -0.1) is 0 Å². The highest BCUT2D eigenvalue weighted by Crippen LogP contribution is 2.47. The molecule has 0 radical (unpaired) electrons. The molecule has 0 bridgehead atoms. The topological polar surface area (TPSA) is 90.9 Å². The number of carbonyl (C=O) groups is 1. The van der Waals surface area contributed by atoms with E-state index in [0.717, 1.165) is 0 Å². The van der Waals surface area contributed by atoms with E-state index in [1.165, 1.54) is 6.26 Å². The number of nitrogens with one attached hydrogen (secondary N) is 1. The Balaban J connectivity index is 2.25. The summed E-state index contributed by atoms with van der Waals surface area (Å²) in [4.78, 5) is 12.2. The SMILES string of the molecule is CC(C)(C)OC(=O)N[C@@H]1C[C@H](C(C)(C)S(C)(=O)=O)[C@H]2OC(C)(C)O[C@H]21. The van der Waals surface area contributed by atoms with Gasteiger partial charge in [0.15, 0.2) is 15.6 Å². The first-order valence-electron chi connectivity index (χ1n) is 8.58. The third-order valence-electron chi connectivity index (χ3n) is 5.02. The van der Waals surface area contributed by atoms with Gasteiger partial charge in [0.2, 0.25) is 0 Å². The molecule has 2 aliphatic rings. The molecule has 1 saturated carbocycles. The van der Waals surface area contributed by atoms with Crippen LogP contribution in [0.4, 0.5) is 4.79 Å². The van der Waals surface area contributed by atoms with E-state index in [0.29, 0.717) is 6.42 Å². The van der Waals surface area contributed by atoms with Crippen LogP contribution in [0.1, 0.15) is 54.9 Å². The number of sulfone groups is 1. The quantitative estimate of drug-likeness (QED) is 0.811. The molecule has 0 aromatic rings. The van der Waals surface area contributed by atoms with Crippen molar-refractivity contribution in [3.8, 4) is 0 Å². The van der Waals surface area contributed by atoms with Crippen LogP contribution in [0.5, 0.6) is 0 Å². The highest BCUT2D eigenvalue weighted by molar-refractivity contribution is 7.92. The van der Waals surface area contributed by atoms with Crippen molar-refractivity contribution in [3.05, 3.63) is 0 Å². The number of ether oxygens (including phenoxy) is 3. The van der Waals surface area contributed by atoms with Crippen molar-refractivity contribution in [2.24, 2.45) is 5.92 Å². The van der Waals surface area contributed by atoms with Crippen molar-refractivity contribution in [3.63, 3.8) is 0 Å². The number of rotatable bonds is 3. The maximum absolute atomic E-state index is 12.3. The maximum Gasteiger partial charge on any atom is 0.407 e. The van der Waals surface area contributed by atoms with Gasteiger partial charge >= 0.3 is 6.09 Å². The van der Waals surface area contributed by atoms with Crippen molar-refractivity contribution >= 4 is 15.9 Å². The Morgan fingerprint density at radius 2 is 1.64 bits per heavy atom. The number of hydrogen-bond donors (Lipinski definition) is 1. The van der Waals surface area contributed by atoms with E-state index in [4.69, 9.17) is 14.2 Å². The minimum Gasteiger partial charge on any atom is -0.444 e. The van der Waals surface area contributed by atoms with Gasteiger partial charge in [-0.05, 0) is 54.9 Å². The lowest BCUT2D eigenvalue weighted by atomic mass is 9.91. The summed E-state index contributed by atoms with van der Waals surface area (Å²) in [5.41, 5.74) is -0.611. The smallest absolute Gasteiger partial charge is 0.407 e. The molecule has 2 rings (SSSR count). The van der Waals surface area contributed by atoms with Crippen molar-refractivity contribution < 1.29 is 27.4 Å². The Hall–Kier alpha value is -0.860. The molecule has 1 amide bonds. The molecule has 1 N–H and O–H groups in total. The van der Waals surface area contributed by atoms with E-state index in [1.54, 1.807) is 48.5 Å². The van der Waals surface area contributed by atoms with E-state index in [-0.39, 0.29) is 12.0 Å². The predicted octanol–water partition coefficient (Wildman–Crippen LogP) is 2.24. The molecular weight excluding hydrogens is 346 g/mol. The molecule has 25 heavy (non-hydrogen) atoms. The van der Waals surface area contributed by atoms with Crippen molar-refractivity contribution in [2.75, 3.05) is 6.26 Å². The van der Waals surface area contributed by atoms with Crippen LogP contribution in [0.25, 0.3) is 0 Å². The van der Waals surface area contributed by atoms with Crippen LogP contribution in [0.15, 0.2) is 0 Å². The van der Waals surface area contributed by atoms with Crippen LogP contribution in [0, 0.1) is 5.92 Å². The van der Waals surface area contributed by atoms with Crippen molar-refractivity contribution in [1.29, 1.82) is 0 Å². The first-order valence-corrected chi connectivity index (χ1v) is 10.5. The van der Waals surface area contributed by atoms with E-state index >= 15 is 0 Å². The third-order valence-corrected chi connectivity index (χ3v) is 7.23. The van der Waals surface area contributed by atoms with Crippen molar-refractivity contribution in [1.82, 2.24) is 5.32 Å². The molecule has 0 spiro atoms. The average molecular weight is 378 g/mol. The molecule has 0 unspecified atom stereocenters. The first kappa shape index (κ1) is 20.5. The summed E-state index contributed by atoms with van der Waals surface area (Å²) in [6.45, 7) is 12.4. The largest absolute Gasteiger partial charge is 0.444 e. The fourth-order valence-electron chi connectivity index (χ4n) is 3.54. The summed E-state index contributed by atoms with van der Waals surface area (Å²) in [7, 11) is -3.32. The second-order valence-electron chi connectivity index (χ2n) is 9.04. The van der Waals surface area contributed by atoms with Crippen molar-refractivity contribution in [2.45, 2.75) is 89.3 Å². The maximum atomic E-state index is 12.3. The predicted molar refractivity (Wildman–Crippen MR) is 94.0 cm³/mol. The number of fused-ring (bicyclic) bond motifs is 1. The zero-order valence-corrected chi connectivity index (χ0v) is 17.2. The van der Waals surface area contributed by atoms with Crippen LogP contribution < -0.4 is 5.32 Å². The molecule has 1 aliphatic carbocycles. The van der Waals surface area contributed by atoms with E-state index in [2.05, 4.69) is 5.32 Å². The van der Waals surface area contributed by atoms with Gasteiger partial charge in [-0.1, -0.05) is 0 Å². The highest BCUT2D eigenvalue weighted by atomic mass is 32.2. The molecule has 7 nitrogen and oxygen atoms in total. The molecule has 0 aromatic carbocycles. The Morgan fingerprint density at radius 3 is 2.12 bits per heavy atom. The summed E-state index contributed by atoms with van der Waals surface area (Å²) in [5, 5.41) is 2.84. The molecule has 146 valence electrons. The minimum atomic E-state index is -3.32. The Bertz CT molecular complexity index is 634. The monoisotopic (exact) mass is 377 g/mol. The average Bonchev–Trinajstić information content (AvgIpc) is 2.80. The first-order chi connectivity index (χ1) is 11.0. The normalized spacial score (nSPS) is 32.3. The van der Waals surface area contributed by atoms with Gasteiger partial charge in [-0.3, -0.25) is 0 Å². The van der Waals surface area contributed by atoms with Gasteiger partial charge in [0, 0.05) is 12.2 Å². The Morgan fingerprint density at radius 1 is 1.12 bits per heavy atom. The van der Waals surface area contributed by atoms with E-state index in [1.807, 2.05) is 0 Å². The Labute approximate surface area is 150 Å². The minimum absolute atomic E-state index is 0.297. The van der Waals surface area contributed by atoms with Gasteiger partial charge in [0.1, 0.15) is 11.7 Å². The lowest BCUT2D eigenvalue weighted by molar-refractivity contribution is -0.159. The Kier molecular flexibility index (Phi) is 4.99. The number of hydrogen-bond acceptors (Lipinski definition) is 6. The van der Waals surface area contributed by atoms with Crippen LogP contribution in [-0.2, 0) is 24.0 Å². The van der Waals surface area contributed by atoms with Gasteiger partial charge < -0.3 is 19.5 Å². The van der Waals surface area contributed by atoms with Crippen LogP contribution in [0.2, 0.25) is 0 Å². The third kappa shape index (κ3) is 4.28. The molecular formula is C17H31NO6S. The van der Waals surface area contributed by atoms with Gasteiger partial charge in [-0.25, -0.2) is 13.2 Å². The number of amides is 1. The lowest BCUT2D eigenvalue weighted by Crippen LogP contribution is -2.45. The molecule has 4 atom stereocenters. The van der Waals surface area contributed by atoms with Gasteiger partial charge in [0.25, 0.3) is 0 Å². The molecule has 1 saturated heterocycles. The van der Waals surface area contributed by atoms with Crippen LogP contribution in [-0.4, -0.2) is 55.2 Å². The summed E-state index contributed by atoms with van der Waals surface area (Å²) in [6, 6.07) is -0.368. The molecule has 8 heteroatoms. The number of alkyl carbamates (subject to hydrolysis) is 1. The summed E-state index contributed by atoms with van der Waals surface area (Å²) >= 11 is 0. The molecule has 1 heterocycles.